The van der Waals surface area contributed by atoms with E-state index in [1.54, 1.807) is 4.90 Å². The summed E-state index contributed by atoms with van der Waals surface area (Å²) in [5.74, 6) is -0.229. The van der Waals surface area contributed by atoms with Crippen LogP contribution in [0, 0.1) is 0 Å². The summed E-state index contributed by atoms with van der Waals surface area (Å²) < 4.78 is 0. The van der Waals surface area contributed by atoms with Gasteiger partial charge in [-0.3, -0.25) is 9.59 Å². The Hall–Kier alpha value is -3.11. The van der Waals surface area contributed by atoms with Crippen LogP contribution in [0.3, 0.4) is 0 Å². The van der Waals surface area contributed by atoms with E-state index in [0.717, 1.165) is 16.7 Å². The highest BCUT2D eigenvalue weighted by molar-refractivity contribution is 6.31. The van der Waals surface area contributed by atoms with E-state index in [-0.39, 0.29) is 24.4 Å². The van der Waals surface area contributed by atoms with E-state index >= 15 is 0 Å². The molecule has 0 bridgehead atoms. The minimum absolute atomic E-state index is 0.0302. The fourth-order valence-electron chi connectivity index (χ4n) is 3.78. The molecule has 0 aliphatic carbocycles. The van der Waals surface area contributed by atoms with Crippen molar-refractivity contribution in [3.8, 4) is 0 Å². The van der Waals surface area contributed by atoms with Gasteiger partial charge in [0, 0.05) is 30.5 Å². The number of rotatable bonds is 10. The van der Waals surface area contributed by atoms with Crippen molar-refractivity contribution in [1.82, 2.24) is 10.2 Å². The highest BCUT2D eigenvalue weighted by atomic mass is 35.5. The van der Waals surface area contributed by atoms with Gasteiger partial charge in [-0.15, -0.1) is 0 Å². The maximum absolute atomic E-state index is 13.6. The van der Waals surface area contributed by atoms with Crippen LogP contribution in [0.1, 0.15) is 37.0 Å². The highest BCUT2D eigenvalue weighted by Crippen LogP contribution is 2.21. The third kappa shape index (κ3) is 7.47. The van der Waals surface area contributed by atoms with Crippen LogP contribution < -0.4 is 5.32 Å². The molecule has 3 aromatic carbocycles. The van der Waals surface area contributed by atoms with Gasteiger partial charge in [0.2, 0.25) is 11.8 Å². The van der Waals surface area contributed by atoms with Crippen LogP contribution in [0.15, 0.2) is 84.9 Å². The third-order valence-corrected chi connectivity index (χ3v) is 5.84. The first-order valence-corrected chi connectivity index (χ1v) is 11.7. The lowest BCUT2D eigenvalue weighted by atomic mass is 10.0. The van der Waals surface area contributed by atoms with Crippen molar-refractivity contribution in [3.63, 3.8) is 0 Å². The molecule has 3 rings (SSSR count). The Morgan fingerprint density at radius 1 is 0.848 bits per heavy atom. The largest absolute Gasteiger partial charge is 0.352 e. The van der Waals surface area contributed by atoms with Gasteiger partial charge in [-0.2, -0.15) is 0 Å². The Bertz CT molecular complexity index is 1040. The van der Waals surface area contributed by atoms with Crippen molar-refractivity contribution in [1.29, 1.82) is 0 Å². The topological polar surface area (TPSA) is 49.4 Å². The summed E-state index contributed by atoms with van der Waals surface area (Å²) in [6, 6.07) is 26.5. The van der Waals surface area contributed by atoms with Gasteiger partial charge in [0.05, 0.1) is 0 Å². The number of hydrogen-bond acceptors (Lipinski definition) is 2. The van der Waals surface area contributed by atoms with Gasteiger partial charge in [0.25, 0.3) is 0 Å². The summed E-state index contributed by atoms with van der Waals surface area (Å²) in [6.07, 6.45) is 1.36. The molecule has 4 nitrogen and oxygen atoms in total. The van der Waals surface area contributed by atoms with Crippen molar-refractivity contribution in [2.24, 2.45) is 0 Å². The molecule has 0 aliphatic rings. The van der Waals surface area contributed by atoms with Crippen molar-refractivity contribution in [3.05, 3.63) is 107 Å². The molecule has 0 heterocycles. The molecule has 0 radical (unpaired) electrons. The zero-order chi connectivity index (χ0) is 23.6. The van der Waals surface area contributed by atoms with E-state index in [1.165, 1.54) is 0 Å². The molecule has 0 unspecified atom stereocenters. The van der Waals surface area contributed by atoms with Gasteiger partial charge in [-0.1, -0.05) is 90.5 Å². The molecule has 0 aliphatic heterocycles. The summed E-state index contributed by atoms with van der Waals surface area (Å²) in [7, 11) is 0. The van der Waals surface area contributed by atoms with Crippen LogP contribution in [0.2, 0.25) is 5.02 Å². The maximum atomic E-state index is 13.6. The maximum Gasteiger partial charge on any atom is 0.243 e. The second kappa shape index (κ2) is 12.2. The molecular formula is C28H31ClN2O2. The zero-order valence-corrected chi connectivity index (χ0v) is 20.0. The number of aryl methyl sites for hydroxylation is 1. The normalized spacial score (nSPS) is 11.8. The monoisotopic (exact) mass is 462 g/mol. The van der Waals surface area contributed by atoms with Crippen LogP contribution in [-0.4, -0.2) is 28.8 Å². The fraction of sp³-hybridized carbons (Fsp3) is 0.286. The Balaban J connectivity index is 1.91. The molecule has 0 spiro atoms. The number of nitrogens with zero attached hydrogens (tertiary/aromatic N) is 1. The Morgan fingerprint density at radius 3 is 2.03 bits per heavy atom. The smallest absolute Gasteiger partial charge is 0.243 e. The van der Waals surface area contributed by atoms with Crippen LogP contribution >= 0.6 is 11.6 Å². The molecule has 0 aromatic heterocycles. The van der Waals surface area contributed by atoms with E-state index in [4.69, 9.17) is 11.6 Å². The molecule has 172 valence electrons. The summed E-state index contributed by atoms with van der Waals surface area (Å²) in [5, 5.41) is 3.59. The van der Waals surface area contributed by atoms with E-state index in [9.17, 15) is 9.59 Å². The third-order valence-electron chi connectivity index (χ3n) is 5.47. The van der Waals surface area contributed by atoms with E-state index in [0.29, 0.717) is 24.3 Å². The number of nitrogens with one attached hydrogen (secondary N) is 1. The summed E-state index contributed by atoms with van der Waals surface area (Å²) in [5.41, 5.74) is 2.92. The molecule has 2 amide bonds. The van der Waals surface area contributed by atoms with Gasteiger partial charge in [0.15, 0.2) is 0 Å². The van der Waals surface area contributed by atoms with Crippen molar-refractivity contribution >= 4 is 23.4 Å². The number of amides is 2. The molecule has 0 saturated heterocycles. The molecule has 3 aromatic rings. The molecule has 33 heavy (non-hydrogen) atoms. The predicted molar refractivity (Wildman–Crippen MR) is 134 cm³/mol. The minimum Gasteiger partial charge on any atom is -0.352 e. The average molecular weight is 463 g/mol. The number of carbonyl (C=O) groups excluding carboxylic acids is 2. The lowest BCUT2D eigenvalue weighted by Gasteiger charge is -2.32. The van der Waals surface area contributed by atoms with Gasteiger partial charge in [-0.25, -0.2) is 0 Å². The zero-order valence-electron chi connectivity index (χ0n) is 19.2. The Kier molecular flexibility index (Phi) is 9.08. The lowest BCUT2D eigenvalue weighted by Crippen LogP contribution is -2.51. The highest BCUT2D eigenvalue weighted by Gasteiger charge is 2.30. The van der Waals surface area contributed by atoms with E-state index in [1.807, 2.05) is 98.8 Å². The van der Waals surface area contributed by atoms with Crippen LogP contribution in [0.5, 0.6) is 0 Å². The molecular weight excluding hydrogens is 432 g/mol. The summed E-state index contributed by atoms with van der Waals surface area (Å²) in [6.45, 7) is 4.12. The second-order valence-electron chi connectivity index (χ2n) is 8.47. The molecule has 0 saturated carbocycles. The van der Waals surface area contributed by atoms with Crippen molar-refractivity contribution in [2.45, 2.75) is 51.7 Å². The molecule has 1 N–H and O–H groups in total. The van der Waals surface area contributed by atoms with Gasteiger partial charge in [0.1, 0.15) is 6.04 Å². The van der Waals surface area contributed by atoms with Crippen LogP contribution in [0.25, 0.3) is 0 Å². The average Bonchev–Trinajstić information content (AvgIpc) is 2.81. The predicted octanol–water partition coefficient (Wildman–Crippen LogP) is 5.44. The number of carbonyl (C=O) groups is 2. The Morgan fingerprint density at radius 2 is 1.42 bits per heavy atom. The number of hydrogen-bond donors (Lipinski definition) is 1. The van der Waals surface area contributed by atoms with Gasteiger partial charge < -0.3 is 10.2 Å². The summed E-state index contributed by atoms with van der Waals surface area (Å²) >= 11 is 6.44. The summed E-state index contributed by atoms with van der Waals surface area (Å²) in [4.78, 5) is 28.6. The minimum atomic E-state index is -0.644. The van der Waals surface area contributed by atoms with E-state index < -0.39 is 6.04 Å². The van der Waals surface area contributed by atoms with Crippen molar-refractivity contribution < 1.29 is 9.59 Å². The second-order valence-corrected chi connectivity index (χ2v) is 8.87. The van der Waals surface area contributed by atoms with Gasteiger partial charge in [-0.05, 0) is 43.0 Å². The lowest BCUT2D eigenvalue weighted by molar-refractivity contribution is -0.141. The first kappa shape index (κ1) is 24.5. The first-order valence-electron chi connectivity index (χ1n) is 11.3. The van der Waals surface area contributed by atoms with Crippen LogP contribution in [0.4, 0.5) is 0 Å². The molecule has 0 fully saturated rings. The molecule has 5 heteroatoms. The SMILES string of the molecule is CC(C)NC(=O)[C@@H](Cc1ccccc1)N(Cc1ccccc1Cl)C(=O)CCc1ccccc1. The standard InChI is InChI=1S/C28H31ClN2O2/c1-21(2)30-28(33)26(19-23-13-7-4-8-14-23)31(20-24-15-9-10-16-25(24)29)27(32)18-17-22-11-5-3-6-12-22/h3-16,21,26H,17-20H2,1-2H3,(H,30,33)/t26-/m1/s1. The van der Waals surface area contributed by atoms with Crippen molar-refractivity contribution in [2.75, 3.05) is 0 Å². The van der Waals surface area contributed by atoms with E-state index in [2.05, 4.69) is 5.32 Å². The van der Waals surface area contributed by atoms with Gasteiger partial charge >= 0.3 is 0 Å². The fourth-order valence-corrected chi connectivity index (χ4v) is 3.98. The number of benzene rings is 3. The van der Waals surface area contributed by atoms with Crippen LogP contribution in [-0.2, 0) is 29.0 Å². The first-order chi connectivity index (χ1) is 15.9. The quantitative estimate of drug-likeness (QED) is 0.436. The Labute approximate surface area is 201 Å². The molecule has 1 atom stereocenters. The number of halogens is 1.